The number of nitrogens with one attached hydrogen (secondary N) is 1. The van der Waals surface area contributed by atoms with Crippen LogP contribution in [0.2, 0.25) is 0 Å². The Morgan fingerprint density at radius 2 is 2.40 bits per heavy atom. The molecule has 1 atom stereocenters. The van der Waals surface area contributed by atoms with Gasteiger partial charge in [0.25, 0.3) is 0 Å². The topological polar surface area (TPSA) is 39.1 Å². The first-order valence-electron chi connectivity index (χ1n) is 5.54. The predicted octanol–water partition coefficient (Wildman–Crippen LogP) is 1.59. The molecule has 0 spiro atoms. The first-order chi connectivity index (χ1) is 7.27. The van der Waals surface area contributed by atoms with Gasteiger partial charge >= 0.3 is 0 Å². The summed E-state index contributed by atoms with van der Waals surface area (Å²) in [6.07, 6.45) is 3.12. The average molecular weight is 211 g/mol. The largest absolute Gasteiger partial charge is 0.374 e. The standard InChI is InChI=1S/C11H21N3O/c1-4-10(2)14-7-5-11(13-14)9-15-8-6-12-3/h5,7,10,12H,4,6,8-9H2,1-3H3. The summed E-state index contributed by atoms with van der Waals surface area (Å²) in [7, 11) is 1.92. The third-order valence-corrected chi connectivity index (χ3v) is 2.45. The molecule has 1 unspecified atom stereocenters. The van der Waals surface area contributed by atoms with Crippen LogP contribution in [0, 0.1) is 0 Å². The molecule has 0 bridgehead atoms. The van der Waals surface area contributed by atoms with E-state index in [4.69, 9.17) is 4.74 Å². The predicted molar refractivity (Wildman–Crippen MR) is 60.8 cm³/mol. The van der Waals surface area contributed by atoms with Crippen LogP contribution in [-0.4, -0.2) is 30.0 Å². The number of likely N-dealkylation sites (N-methyl/N-ethyl adjacent to an activating group) is 1. The van der Waals surface area contributed by atoms with Crippen LogP contribution < -0.4 is 5.32 Å². The Hall–Kier alpha value is -0.870. The summed E-state index contributed by atoms with van der Waals surface area (Å²) >= 11 is 0. The van der Waals surface area contributed by atoms with E-state index in [-0.39, 0.29) is 0 Å². The van der Waals surface area contributed by atoms with Crippen LogP contribution in [0.3, 0.4) is 0 Å². The van der Waals surface area contributed by atoms with Gasteiger partial charge < -0.3 is 10.1 Å². The molecule has 1 heterocycles. The molecule has 0 aromatic carbocycles. The van der Waals surface area contributed by atoms with Gasteiger partial charge in [0.15, 0.2) is 0 Å². The zero-order chi connectivity index (χ0) is 11.1. The van der Waals surface area contributed by atoms with E-state index >= 15 is 0 Å². The Kier molecular flexibility index (Phi) is 5.36. The molecule has 4 nitrogen and oxygen atoms in total. The van der Waals surface area contributed by atoms with E-state index in [0.29, 0.717) is 12.6 Å². The van der Waals surface area contributed by atoms with Crippen molar-refractivity contribution in [3.63, 3.8) is 0 Å². The molecule has 1 N–H and O–H groups in total. The summed E-state index contributed by atoms with van der Waals surface area (Å²) in [5.41, 5.74) is 1.01. The van der Waals surface area contributed by atoms with Crippen molar-refractivity contribution in [1.29, 1.82) is 0 Å². The summed E-state index contributed by atoms with van der Waals surface area (Å²) in [6.45, 7) is 6.54. The smallest absolute Gasteiger partial charge is 0.0907 e. The highest BCUT2D eigenvalue weighted by molar-refractivity contribution is 4.97. The van der Waals surface area contributed by atoms with Crippen molar-refractivity contribution < 1.29 is 4.74 Å². The minimum absolute atomic E-state index is 0.469. The van der Waals surface area contributed by atoms with Gasteiger partial charge in [0.2, 0.25) is 0 Å². The second-order valence-electron chi connectivity index (χ2n) is 3.70. The van der Waals surface area contributed by atoms with Crippen LogP contribution in [0.4, 0.5) is 0 Å². The molecule has 86 valence electrons. The zero-order valence-electron chi connectivity index (χ0n) is 9.86. The lowest BCUT2D eigenvalue weighted by molar-refractivity contribution is 0.120. The monoisotopic (exact) mass is 211 g/mol. The molecule has 1 aromatic rings. The third kappa shape index (κ3) is 4.01. The van der Waals surface area contributed by atoms with Gasteiger partial charge in [-0.25, -0.2) is 0 Å². The number of ether oxygens (including phenoxy) is 1. The minimum atomic E-state index is 0.469. The fraction of sp³-hybridized carbons (Fsp3) is 0.727. The maximum absolute atomic E-state index is 5.45. The first-order valence-corrected chi connectivity index (χ1v) is 5.54. The normalized spacial score (nSPS) is 13.0. The Labute approximate surface area is 91.6 Å². The molecular formula is C11H21N3O. The lowest BCUT2D eigenvalue weighted by atomic mass is 10.3. The Bertz CT molecular complexity index is 273. The average Bonchev–Trinajstić information content (AvgIpc) is 2.72. The number of hydrogen-bond donors (Lipinski definition) is 1. The molecular weight excluding hydrogens is 190 g/mol. The number of aromatic nitrogens is 2. The van der Waals surface area contributed by atoms with Crippen molar-refractivity contribution in [2.24, 2.45) is 0 Å². The fourth-order valence-corrected chi connectivity index (χ4v) is 1.24. The molecule has 0 aliphatic rings. The van der Waals surface area contributed by atoms with E-state index < -0.39 is 0 Å². The Balaban J connectivity index is 2.33. The Morgan fingerprint density at radius 1 is 1.60 bits per heavy atom. The maximum atomic E-state index is 5.45. The van der Waals surface area contributed by atoms with E-state index in [1.807, 2.05) is 24.0 Å². The maximum Gasteiger partial charge on any atom is 0.0907 e. The van der Waals surface area contributed by atoms with Crippen molar-refractivity contribution in [1.82, 2.24) is 15.1 Å². The van der Waals surface area contributed by atoms with Crippen molar-refractivity contribution in [2.45, 2.75) is 32.9 Å². The van der Waals surface area contributed by atoms with E-state index in [1.165, 1.54) is 0 Å². The molecule has 0 amide bonds. The van der Waals surface area contributed by atoms with Crippen molar-refractivity contribution in [3.05, 3.63) is 18.0 Å². The molecule has 0 aliphatic carbocycles. The lowest BCUT2D eigenvalue weighted by Crippen LogP contribution is -2.14. The summed E-state index contributed by atoms with van der Waals surface area (Å²) < 4.78 is 7.45. The lowest BCUT2D eigenvalue weighted by Gasteiger charge is -2.08. The van der Waals surface area contributed by atoms with Gasteiger partial charge in [-0.1, -0.05) is 6.92 Å². The van der Waals surface area contributed by atoms with E-state index in [0.717, 1.165) is 25.3 Å². The third-order valence-electron chi connectivity index (χ3n) is 2.45. The minimum Gasteiger partial charge on any atom is -0.374 e. The van der Waals surface area contributed by atoms with Gasteiger partial charge in [-0.3, -0.25) is 4.68 Å². The molecule has 0 radical (unpaired) electrons. The highest BCUT2D eigenvalue weighted by atomic mass is 16.5. The van der Waals surface area contributed by atoms with Crippen molar-refractivity contribution >= 4 is 0 Å². The highest BCUT2D eigenvalue weighted by Crippen LogP contribution is 2.09. The van der Waals surface area contributed by atoms with Crippen LogP contribution in [0.15, 0.2) is 12.3 Å². The molecule has 0 fully saturated rings. The van der Waals surface area contributed by atoms with E-state index in [2.05, 4.69) is 24.3 Å². The quantitative estimate of drug-likeness (QED) is 0.696. The molecule has 15 heavy (non-hydrogen) atoms. The molecule has 0 aliphatic heterocycles. The van der Waals surface area contributed by atoms with E-state index in [9.17, 15) is 0 Å². The summed E-state index contributed by atoms with van der Waals surface area (Å²) in [6, 6.07) is 2.49. The molecule has 1 rings (SSSR count). The number of nitrogens with zero attached hydrogens (tertiary/aromatic N) is 2. The zero-order valence-corrected chi connectivity index (χ0v) is 9.86. The molecule has 1 aromatic heterocycles. The second-order valence-corrected chi connectivity index (χ2v) is 3.70. The fourth-order valence-electron chi connectivity index (χ4n) is 1.24. The van der Waals surface area contributed by atoms with Gasteiger partial charge in [-0.05, 0) is 26.5 Å². The summed E-state index contributed by atoms with van der Waals surface area (Å²) in [5.74, 6) is 0. The Morgan fingerprint density at radius 3 is 3.07 bits per heavy atom. The molecule has 0 saturated heterocycles. The number of hydrogen-bond acceptors (Lipinski definition) is 3. The van der Waals surface area contributed by atoms with Crippen molar-refractivity contribution in [3.8, 4) is 0 Å². The first kappa shape index (κ1) is 12.2. The highest BCUT2D eigenvalue weighted by Gasteiger charge is 2.04. The van der Waals surface area contributed by atoms with Crippen molar-refractivity contribution in [2.75, 3.05) is 20.2 Å². The van der Waals surface area contributed by atoms with Gasteiger partial charge in [0.05, 0.1) is 18.9 Å². The van der Waals surface area contributed by atoms with Crippen LogP contribution in [0.5, 0.6) is 0 Å². The molecule has 4 heteroatoms. The van der Waals surface area contributed by atoms with Gasteiger partial charge in [0.1, 0.15) is 0 Å². The van der Waals surface area contributed by atoms with Crippen LogP contribution in [0.1, 0.15) is 32.0 Å². The van der Waals surface area contributed by atoms with Gasteiger partial charge in [0, 0.05) is 18.8 Å². The van der Waals surface area contributed by atoms with Crippen LogP contribution >= 0.6 is 0 Å². The van der Waals surface area contributed by atoms with Crippen LogP contribution in [-0.2, 0) is 11.3 Å². The van der Waals surface area contributed by atoms with E-state index in [1.54, 1.807) is 0 Å². The van der Waals surface area contributed by atoms with Gasteiger partial charge in [-0.15, -0.1) is 0 Å². The number of rotatable bonds is 7. The summed E-state index contributed by atoms with van der Waals surface area (Å²) in [5, 5.41) is 7.49. The second kappa shape index (κ2) is 6.58. The summed E-state index contributed by atoms with van der Waals surface area (Å²) in [4.78, 5) is 0. The SMILES string of the molecule is CCC(C)n1ccc(COCCNC)n1. The van der Waals surface area contributed by atoms with Gasteiger partial charge in [-0.2, -0.15) is 5.10 Å². The molecule has 0 saturated carbocycles. The van der Waals surface area contributed by atoms with Crippen LogP contribution in [0.25, 0.3) is 0 Å².